The second kappa shape index (κ2) is 8.75. The Morgan fingerprint density at radius 2 is 1.97 bits per heavy atom. The quantitative estimate of drug-likeness (QED) is 0.562. The monoisotopic (exact) mass is 487 g/mol. The van der Waals surface area contributed by atoms with Crippen LogP contribution in [0.1, 0.15) is 22.8 Å². The van der Waals surface area contributed by atoms with Crippen molar-refractivity contribution in [2.24, 2.45) is 0 Å². The van der Waals surface area contributed by atoms with Crippen molar-refractivity contribution in [1.29, 1.82) is 0 Å². The summed E-state index contributed by atoms with van der Waals surface area (Å²) in [5.41, 5.74) is 4.42. The van der Waals surface area contributed by atoms with E-state index < -0.39 is 18.6 Å². The average molecular weight is 488 g/mol. The number of fused-ring (bicyclic) bond motifs is 2. The van der Waals surface area contributed by atoms with Gasteiger partial charge in [-0.3, -0.25) is 9.20 Å². The van der Waals surface area contributed by atoms with Crippen LogP contribution in [0.25, 0.3) is 16.9 Å². The molecule has 0 N–H and O–H groups in total. The molecule has 1 amide bonds. The minimum atomic E-state index is -4.45. The van der Waals surface area contributed by atoms with E-state index in [0.29, 0.717) is 18.0 Å². The summed E-state index contributed by atoms with van der Waals surface area (Å²) >= 11 is 0. The number of ether oxygens (including phenoxy) is 1. The summed E-state index contributed by atoms with van der Waals surface area (Å²) < 4.78 is 46.2. The molecular weight excluding hydrogens is 459 g/mol. The number of nitrogens with zero attached hydrogens (tertiary/aromatic N) is 5. The number of aromatic nitrogens is 2. The Hall–Kier alpha value is -3.27. The molecule has 0 radical (unpaired) electrons. The van der Waals surface area contributed by atoms with Crippen LogP contribution in [0.4, 0.5) is 18.9 Å². The largest absolute Gasteiger partial charge is 0.496 e. The summed E-state index contributed by atoms with van der Waals surface area (Å²) in [5, 5.41) is 0. The van der Waals surface area contributed by atoms with Crippen LogP contribution in [0.2, 0.25) is 0 Å². The van der Waals surface area contributed by atoms with Crippen LogP contribution in [-0.4, -0.2) is 84.2 Å². The predicted octanol–water partition coefficient (Wildman–Crippen LogP) is 3.71. The highest BCUT2D eigenvalue weighted by molar-refractivity contribution is 6.00. The summed E-state index contributed by atoms with van der Waals surface area (Å²) in [6.07, 6.45) is -0.368. The Morgan fingerprint density at radius 3 is 2.69 bits per heavy atom. The predicted molar refractivity (Wildman–Crippen MR) is 127 cm³/mol. The van der Waals surface area contributed by atoms with Gasteiger partial charge in [-0.05, 0) is 44.2 Å². The number of piperazine rings is 1. The van der Waals surface area contributed by atoms with E-state index in [-0.39, 0.29) is 17.9 Å². The third-order valence-corrected chi connectivity index (χ3v) is 7.04. The lowest BCUT2D eigenvalue weighted by Crippen LogP contribution is -2.50. The van der Waals surface area contributed by atoms with E-state index in [0.717, 1.165) is 47.1 Å². The molecule has 2 aliphatic rings. The van der Waals surface area contributed by atoms with Crippen molar-refractivity contribution in [2.45, 2.75) is 25.6 Å². The van der Waals surface area contributed by atoms with Gasteiger partial charge in [0.1, 0.15) is 17.9 Å². The van der Waals surface area contributed by atoms with Gasteiger partial charge in [0.05, 0.1) is 24.6 Å². The Morgan fingerprint density at radius 1 is 1.17 bits per heavy atom. The molecule has 1 atom stereocenters. The molecule has 0 spiro atoms. The summed E-state index contributed by atoms with van der Waals surface area (Å²) in [4.78, 5) is 23.0. The van der Waals surface area contributed by atoms with Crippen molar-refractivity contribution in [2.75, 3.05) is 51.8 Å². The highest BCUT2D eigenvalue weighted by Gasteiger charge is 2.37. The van der Waals surface area contributed by atoms with Crippen LogP contribution in [0.3, 0.4) is 0 Å². The lowest BCUT2D eigenvalue weighted by atomic mass is 9.94. The molecule has 4 heterocycles. The Bertz CT molecular complexity index is 1250. The van der Waals surface area contributed by atoms with E-state index in [9.17, 15) is 18.0 Å². The lowest BCUT2D eigenvalue weighted by Gasteiger charge is -2.39. The molecule has 1 fully saturated rings. The van der Waals surface area contributed by atoms with Gasteiger partial charge in [0.25, 0.3) is 5.91 Å². The normalized spacial score (nSPS) is 19.4. The van der Waals surface area contributed by atoms with Gasteiger partial charge in [-0.15, -0.1) is 0 Å². The molecule has 186 valence electrons. The van der Waals surface area contributed by atoms with Gasteiger partial charge in [0, 0.05) is 55.7 Å². The van der Waals surface area contributed by atoms with Crippen LogP contribution in [0, 0.1) is 0 Å². The zero-order chi connectivity index (χ0) is 24.9. The highest BCUT2D eigenvalue weighted by atomic mass is 19.4. The topological polar surface area (TPSA) is 53.3 Å². The molecule has 2 aromatic heterocycles. The molecule has 7 nitrogen and oxygen atoms in total. The van der Waals surface area contributed by atoms with Crippen molar-refractivity contribution < 1.29 is 22.7 Å². The minimum Gasteiger partial charge on any atom is -0.496 e. The molecule has 1 aromatic carbocycles. The number of anilines is 1. The number of alkyl halides is 3. The fraction of sp³-hybridized carbons (Fsp3) is 0.440. The van der Waals surface area contributed by atoms with Gasteiger partial charge in [0.15, 0.2) is 0 Å². The van der Waals surface area contributed by atoms with Crippen LogP contribution < -0.4 is 9.64 Å². The maximum absolute atomic E-state index is 12.9. The second-order valence-corrected chi connectivity index (χ2v) is 9.34. The third-order valence-electron chi connectivity index (χ3n) is 7.04. The lowest BCUT2D eigenvalue weighted by molar-refractivity contribution is -0.141. The van der Waals surface area contributed by atoms with Gasteiger partial charge in [0.2, 0.25) is 0 Å². The summed E-state index contributed by atoms with van der Waals surface area (Å²) in [5.74, 6) is -0.386. The van der Waals surface area contributed by atoms with Crippen molar-refractivity contribution in [1.82, 2.24) is 19.2 Å². The van der Waals surface area contributed by atoms with Crippen molar-refractivity contribution in [3.63, 3.8) is 0 Å². The van der Waals surface area contributed by atoms with E-state index >= 15 is 0 Å². The van der Waals surface area contributed by atoms with Crippen LogP contribution in [0.15, 0.2) is 36.7 Å². The Balaban J connectivity index is 1.47. The van der Waals surface area contributed by atoms with E-state index in [4.69, 9.17) is 4.74 Å². The molecule has 1 unspecified atom stereocenters. The first-order valence-electron chi connectivity index (χ1n) is 11.6. The molecule has 0 aliphatic carbocycles. The molecule has 2 aliphatic heterocycles. The van der Waals surface area contributed by atoms with Crippen molar-refractivity contribution >= 4 is 17.2 Å². The number of carbonyl (C=O) groups excluding carboxylic acids is 1. The number of hydrogen-bond donors (Lipinski definition) is 0. The average Bonchev–Trinajstić information content (AvgIpc) is 3.24. The van der Waals surface area contributed by atoms with Crippen molar-refractivity contribution in [3.8, 4) is 17.0 Å². The number of amides is 1. The summed E-state index contributed by atoms with van der Waals surface area (Å²) in [6.45, 7) is 3.86. The molecule has 0 bridgehead atoms. The standard InChI is InChI=1S/C25H28F3N5O2/c1-16-14-31(9-8-30(16)2)19-5-7-33-20(13-29-22(33)12-19)18-10-17-4-6-32(15-25(26,27)28)24(34)23(17)21(11-18)35-3/h5,7,10-13,16H,4,6,8-9,14-15H2,1-3H3. The van der Waals surface area contributed by atoms with Crippen LogP contribution >= 0.6 is 0 Å². The molecule has 0 saturated carbocycles. The maximum Gasteiger partial charge on any atom is 0.406 e. The molecule has 3 aromatic rings. The SMILES string of the molecule is COc1cc(-c2cnc3cc(N4CCN(C)C(C)C4)ccn23)cc2c1C(=O)N(CC(F)(F)F)CC2. The summed E-state index contributed by atoms with van der Waals surface area (Å²) in [7, 11) is 3.56. The number of halogens is 3. The number of rotatable bonds is 4. The number of benzene rings is 1. The van der Waals surface area contributed by atoms with E-state index in [1.165, 1.54) is 7.11 Å². The van der Waals surface area contributed by atoms with Gasteiger partial charge in [-0.25, -0.2) is 4.98 Å². The minimum absolute atomic E-state index is 0.0118. The van der Waals surface area contributed by atoms with E-state index in [1.807, 2.05) is 16.7 Å². The Kier molecular flexibility index (Phi) is 5.86. The molecule has 35 heavy (non-hydrogen) atoms. The fourth-order valence-electron chi connectivity index (χ4n) is 4.97. The Labute approximate surface area is 201 Å². The van der Waals surface area contributed by atoms with E-state index in [2.05, 4.69) is 40.9 Å². The highest BCUT2D eigenvalue weighted by Crippen LogP contribution is 2.35. The molecule has 1 saturated heterocycles. The zero-order valence-corrected chi connectivity index (χ0v) is 20.0. The fourth-order valence-corrected chi connectivity index (χ4v) is 4.97. The van der Waals surface area contributed by atoms with Gasteiger partial charge >= 0.3 is 6.18 Å². The number of carbonyl (C=O) groups is 1. The second-order valence-electron chi connectivity index (χ2n) is 9.34. The number of likely N-dealkylation sites (N-methyl/N-ethyl adjacent to an activating group) is 1. The number of imidazole rings is 1. The van der Waals surface area contributed by atoms with Gasteiger partial charge in [-0.2, -0.15) is 13.2 Å². The first-order chi connectivity index (χ1) is 16.6. The number of methoxy groups -OCH3 is 1. The first-order valence-corrected chi connectivity index (χ1v) is 11.6. The van der Waals surface area contributed by atoms with Gasteiger partial charge in [-0.1, -0.05) is 0 Å². The third kappa shape index (κ3) is 4.42. The zero-order valence-electron chi connectivity index (χ0n) is 20.0. The van der Waals surface area contributed by atoms with Crippen LogP contribution in [-0.2, 0) is 6.42 Å². The smallest absolute Gasteiger partial charge is 0.406 e. The molecular formula is C25H28F3N5O2. The van der Waals surface area contributed by atoms with E-state index in [1.54, 1.807) is 12.3 Å². The van der Waals surface area contributed by atoms with Crippen LogP contribution in [0.5, 0.6) is 5.75 Å². The number of pyridine rings is 1. The first kappa shape index (κ1) is 23.5. The van der Waals surface area contributed by atoms with Crippen molar-refractivity contribution in [3.05, 3.63) is 47.8 Å². The molecule has 10 heteroatoms. The molecule has 5 rings (SSSR count). The summed E-state index contributed by atoms with van der Waals surface area (Å²) in [6, 6.07) is 8.17. The van der Waals surface area contributed by atoms with Gasteiger partial charge < -0.3 is 19.4 Å². The number of hydrogen-bond acceptors (Lipinski definition) is 5. The maximum atomic E-state index is 12.9.